The Morgan fingerprint density at radius 2 is 1.93 bits per heavy atom. The zero-order valence-corrected chi connectivity index (χ0v) is 9.50. The fourth-order valence-electron chi connectivity index (χ4n) is 1.59. The van der Waals surface area contributed by atoms with E-state index in [2.05, 4.69) is 4.98 Å². The Kier molecular flexibility index (Phi) is 2.65. The summed E-state index contributed by atoms with van der Waals surface area (Å²) >= 11 is 0. The molecule has 1 aromatic rings. The lowest BCUT2D eigenvalue weighted by molar-refractivity contribution is 0.586. The first-order valence-electron chi connectivity index (χ1n) is 4.95. The fraction of sp³-hybridized carbons (Fsp3) is 0.500. The average molecular weight is 226 g/mol. The molecule has 0 bridgehead atoms. The van der Waals surface area contributed by atoms with Crippen LogP contribution in [0.5, 0.6) is 0 Å². The number of nitrogens with zero attached hydrogens (tertiary/aromatic N) is 2. The minimum absolute atomic E-state index is 0.239. The van der Waals surface area contributed by atoms with Crippen molar-refractivity contribution in [2.24, 2.45) is 0 Å². The Bertz CT molecular complexity index is 425. The van der Waals surface area contributed by atoms with Gasteiger partial charge >= 0.3 is 0 Å². The van der Waals surface area contributed by atoms with Gasteiger partial charge in [-0.1, -0.05) is 6.07 Å². The van der Waals surface area contributed by atoms with Gasteiger partial charge in [0, 0.05) is 19.3 Å². The van der Waals surface area contributed by atoms with E-state index in [9.17, 15) is 8.42 Å². The van der Waals surface area contributed by atoms with Gasteiger partial charge in [0.05, 0.1) is 11.5 Å². The summed E-state index contributed by atoms with van der Waals surface area (Å²) in [6.07, 6.45) is 1.80. The Morgan fingerprint density at radius 1 is 1.27 bits per heavy atom. The van der Waals surface area contributed by atoms with Gasteiger partial charge in [-0.3, -0.25) is 0 Å². The third-order valence-electron chi connectivity index (χ3n) is 2.56. The normalized spacial score (nSPS) is 20.2. The number of sulfone groups is 1. The molecule has 2 heterocycles. The lowest BCUT2D eigenvalue weighted by atomic mass is 10.3. The summed E-state index contributed by atoms with van der Waals surface area (Å²) in [6, 6.07) is 3.93. The maximum Gasteiger partial charge on any atom is 0.153 e. The van der Waals surface area contributed by atoms with Crippen molar-refractivity contribution >= 4 is 15.7 Å². The van der Waals surface area contributed by atoms with Gasteiger partial charge < -0.3 is 4.90 Å². The van der Waals surface area contributed by atoms with Crippen molar-refractivity contribution in [1.82, 2.24) is 4.98 Å². The van der Waals surface area contributed by atoms with E-state index in [-0.39, 0.29) is 11.5 Å². The van der Waals surface area contributed by atoms with E-state index in [1.165, 1.54) is 0 Å². The molecule has 0 saturated carbocycles. The van der Waals surface area contributed by atoms with Gasteiger partial charge in [-0.15, -0.1) is 0 Å². The van der Waals surface area contributed by atoms with Crippen LogP contribution in [0.15, 0.2) is 18.3 Å². The van der Waals surface area contributed by atoms with E-state index in [1.54, 1.807) is 6.20 Å². The Morgan fingerprint density at radius 3 is 2.47 bits per heavy atom. The minimum Gasteiger partial charge on any atom is -0.355 e. The van der Waals surface area contributed by atoms with E-state index in [4.69, 9.17) is 0 Å². The molecule has 1 fully saturated rings. The third-order valence-corrected chi connectivity index (χ3v) is 4.17. The van der Waals surface area contributed by atoms with E-state index >= 15 is 0 Å². The van der Waals surface area contributed by atoms with Gasteiger partial charge in [0.1, 0.15) is 5.82 Å². The van der Waals surface area contributed by atoms with Crippen LogP contribution < -0.4 is 4.90 Å². The summed E-state index contributed by atoms with van der Waals surface area (Å²) in [5.74, 6) is 1.35. The largest absolute Gasteiger partial charge is 0.355 e. The van der Waals surface area contributed by atoms with Gasteiger partial charge in [0.2, 0.25) is 0 Å². The molecule has 0 aliphatic carbocycles. The maximum atomic E-state index is 11.2. The topological polar surface area (TPSA) is 50.3 Å². The minimum atomic E-state index is -2.80. The molecule has 0 N–H and O–H groups in total. The molecule has 5 heteroatoms. The molecular weight excluding hydrogens is 212 g/mol. The smallest absolute Gasteiger partial charge is 0.153 e. The highest BCUT2D eigenvalue weighted by Gasteiger charge is 2.21. The molecule has 82 valence electrons. The number of anilines is 1. The molecule has 15 heavy (non-hydrogen) atoms. The molecular formula is C10H14N2O2S. The van der Waals surface area contributed by atoms with Crippen molar-refractivity contribution < 1.29 is 8.42 Å². The van der Waals surface area contributed by atoms with Crippen LogP contribution >= 0.6 is 0 Å². The second-order valence-corrected chi connectivity index (χ2v) is 6.14. The van der Waals surface area contributed by atoms with E-state index in [1.807, 2.05) is 24.0 Å². The predicted molar refractivity (Wildman–Crippen MR) is 59.8 cm³/mol. The first-order chi connectivity index (χ1) is 7.07. The average Bonchev–Trinajstić information content (AvgIpc) is 2.20. The summed E-state index contributed by atoms with van der Waals surface area (Å²) in [7, 11) is -2.80. The predicted octanol–water partition coefficient (Wildman–Crippen LogP) is 0.625. The van der Waals surface area contributed by atoms with Crippen LogP contribution in [0.2, 0.25) is 0 Å². The van der Waals surface area contributed by atoms with Crippen LogP contribution in [-0.2, 0) is 9.84 Å². The number of hydrogen-bond donors (Lipinski definition) is 0. The molecule has 4 nitrogen and oxygen atoms in total. The Balaban J connectivity index is 2.11. The van der Waals surface area contributed by atoms with Crippen LogP contribution in [-0.4, -0.2) is 38.0 Å². The molecule has 0 aromatic carbocycles. The number of aryl methyl sites for hydroxylation is 1. The number of hydrogen-bond acceptors (Lipinski definition) is 4. The lowest BCUT2D eigenvalue weighted by Crippen LogP contribution is -2.40. The second kappa shape index (κ2) is 3.81. The molecule has 1 aliphatic rings. The zero-order chi connectivity index (χ0) is 10.9. The number of aromatic nitrogens is 1. The first kappa shape index (κ1) is 10.4. The van der Waals surface area contributed by atoms with Gasteiger partial charge in [0.25, 0.3) is 0 Å². The molecule has 0 unspecified atom stereocenters. The number of pyridine rings is 1. The van der Waals surface area contributed by atoms with Gasteiger partial charge in [-0.25, -0.2) is 13.4 Å². The first-order valence-corrected chi connectivity index (χ1v) is 6.77. The highest BCUT2D eigenvalue weighted by molar-refractivity contribution is 7.91. The molecule has 1 aliphatic heterocycles. The highest BCUT2D eigenvalue weighted by atomic mass is 32.2. The second-order valence-electron chi connectivity index (χ2n) is 3.83. The molecule has 1 saturated heterocycles. The third kappa shape index (κ3) is 2.47. The molecule has 0 atom stereocenters. The standard InChI is InChI=1S/C10H14N2O2S/c1-9-2-3-10(11-8-9)12-4-6-15(13,14)7-5-12/h2-3,8H,4-7H2,1H3. The van der Waals surface area contributed by atoms with Crippen molar-refractivity contribution in [3.63, 3.8) is 0 Å². The summed E-state index contributed by atoms with van der Waals surface area (Å²) < 4.78 is 22.5. The van der Waals surface area contributed by atoms with Crippen LogP contribution in [0.1, 0.15) is 5.56 Å². The van der Waals surface area contributed by atoms with E-state index in [0.29, 0.717) is 13.1 Å². The molecule has 0 spiro atoms. The van der Waals surface area contributed by atoms with Gasteiger partial charge in [0.15, 0.2) is 9.84 Å². The van der Waals surface area contributed by atoms with E-state index in [0.717, 1.165) is 11.4 Å². The summed E-state index contributed by atoms with van der Waals surface area (Å²) in [6.45, 7) is 3.09. The summed E-state index contributed by atoms with van der Waals surface area (Å²) in [5, 5.41) is 0. The van der Waals surface area contributed by atoms with Gasteiger partial charge in [-0.05, 0) is 18.6 Å². The van der Waals surface area contributed by atoms with Crippen molar-refractivity contribution in [2.45, 2.75) is 6.92 Å². The van der Waals surface area contributed by atoms with Crippen molar-refractivity contribution in [2.75, 3.05) is 29.5 Å². The SMILES string of the molecule is Cc1ccc(N2CCS(=O)(=O)CC2)nc1. The van der Waals surface area contributed by atoms with Crippen molar-refractivity contribution in [1.29, 1.82) is 0 Å². The van der Waals surface area contributed by atoms with Gasteiger partial charge in [-0.2, -0.15) is 0 Å². The quantitative estimate of drug-likeness (QED) is 0.704. The zero-order valence-electron chi connectivity index (χ0n) is 8.68. The maximum absolute atomic E-state index is 11.2. The highest BCUT2D eigenvalue weighted by Crippen LogP contribution is 2.14. The lowest BCUT2D eigenvalue weighted by Gasteiger charge is -2.27. The fourth-order valence-corrected chi connectivity index (χ4v) is 2.79. The molecule has 2 rings (SSSR count). The van der Waals surface area contributed by atoms with Crippen molar-refractivity contribution in [3.05, 3.63) is 23.9 Å². The summed E-state index contributed by atoms with van der Waals surface area (Å²) in [5.41, 5.74) is 1.11. The summed E-state index contributed by atoms with van der Waals surface area (Å²) in [4.78, 5) is 6.30. The van der Waals surface area contributed by atoms with Crippen LogP contribution in [0.25, 0.3) is 0 Å². The van der Waals surface area contributed by atoms with E-state index < -0.39 is 9.84 Å². The van der Waals surface area contributed by atoms with Crippen molar-refractivity contribution in [3.8, 4) is 0 Å². The molecule has 0 amide bonds. The van der Waals surface area contributed by atoms with Crippen LogP contribution in [0.3, 0.4) is 0 Å². The molecule has 0 radical (unpaired) electrons. The Hall–Kier alpha value is -1.10. The Labute approximate surface area is 89.9 Å². The monoisotopic (exact) mass is 226 g/mol. The number of rotatable bonds is 1. The van der Waals surface area contributed by atoms with Crippen LogP contribution in [0.4, 0.5) is 5.82 Å². The molecule has 1 aromatic heterocycles. The van der Waals surface area contributed by atoms with Crippen LogP contribution in [0, 0.1) is 6.92 Å².